The lowest BCUT2D eigenvalue weighted by Crippen LogP contribution is -2.47. The lowest BCUT2D eigenvalue weighted by Gasteiger charge is -2.34. The number of halogens is 2. The molecule has 0 aliphatic carbocycles. The summed E-state index contributed by atoms with van der Waals surface area (Å²) in [4.78, 5) is 14.0. The Morgan fingerprint density at radius 2 is 1.95 bits per heavy atom. The van der Waals surface area contributed by atoms with E-state index in [0.717, 1.165) is 5.56 Å². The summed E-state index contributed by atoms with van der Waals surface area (Å²) < 4.78 is 5.61. The molecular formula is C15H17Cl2NO2. The summed E-state index contributed by atoms with van der Waals surface area (Å²) in [6.07, 6.45) is 3.35. The first kappa shape index (κ1) is 15.4. The maximum Gasteiger partial charge on any atom is 0.246 e. The Balaban J connectivity index is 2.07. The molecule has 0 aromatic heterocycles. The highest BCUT2D eigenvalue weighted by molar-refractivity contribution is 6.42. The second-order valence-corrected chi connectivity index (χ2v) is 5.76. The van der Waals surface area contributed by atoms with Crippen LogP contribution in [0.4, 0.5) is 0 Å². The highest BCUT2D eigenvalue weighted by Gasteiger charge is 2.24. The van der Waals surface area contributed by atoms with Crippen molar-refractivity contribution in [2.75, 3.05) is 13.1 Å². The van der Waals surface area contributed by atoms with Crippen LogP contribution in [-0.4, -0.2) is 36.1 Å². The summed E-state index contributed by atoms with van der Waals surface area (Å²) in [6, 6.07) is 5.34. The van der Waals surface area contributed by atoms with Crippen LogP contribution in [0.15, 0.2) is 24.3 Å². The minimum Gasteiger partial charge on any atom is -0.372 e. The van der Waals surface area contributed by atoms with Gasteiger partial charge >= 0.3 is 0 Å². The van der Waals surface area contributed by atoms with Crippen LogP contribution in [0.1, 0.15) is 19.4 Å². The molecule has 1 fully saturated rings. The number of benzene rings is 1. The number of carbonyl (C=O) groups is 1. The summed E-state index contributed by atoms with van der Waals surface area (Å²) in [5.41, 5.74) is 0.738. The monoisotopic (exact) mass is 313 g/mol. The first-order valence-corrected chi connectivity index (χ1v) is 7.29. The number of nitrogens with zero attached hydrogens (tertiary/aromatic N) is 1. The highest BCUT2D eigenvalue weighted by Crippen LogP contribution is 2.26. The maximum absolute atomic E-state index is 12.2. The number of amides is 1. The van der Waals surface area contributed by atoms with E-state index in [4.69, 9.17) is 27.9 Å². The molecular weight excluding hydrogens is 297 g/mol. The molecule has 0 bridgehead atoms. The lowest BCUT2D eigenvalue weighted by molar-refractivity contribution is -0.137. The summed E-state index contributed by atoms with van der Waals surface area (Å²) in [6.45, 7) is 5.15. The van der Waals surface area contributed by atoms with Crippen LogP contribution < -0.4 is 0 Å². The molecule has 3 nitrogen and oxygen atoms in total. The fraction of sp³-hybridized carbons (Fsp3) is 0.400. The van der Waals surface area contributed by atoms with Crippen LogP contribution in [-0.2, 0) is 9.53 Å². The number of morpholine rings is 1. The molecule has 0 spiro atoms. The molecule has 0 N–H and O–H groups in total. The van der Waals surface area contributed by atoms with Crippen LogP contribution in [0.5, 0.6) is 0 Å². The fourth-order valence-corrected chi connectivity index (χ4v) is 2.64. The molecule has 1 aromatic carbocycles. The fourth-order valence-electron chi connectivity index (χ4n) is 2.27. The molecule has 1 amide bonds. The van der Waals surface area contributed by atoms with Crippen molar-refractivity contribution in [2.45, 2.75) is 26.1 Å². The molecule has 0 radical (unpaired) electrons. The first-order chi connectivity index (χ1) is 9.47. The second kappa shape index (κ2) is 6.61. The average molecular weight is 314 g/mol. The molecule has 20 heavy (non-hydrogen) atoms. The summed E-state index contributed by atoms with van der Waals surface area (Å²) in [5.74, 6) is -0.0388. The number of ether oxygens (including phenoxy) is 1. The van der Waals surface area contributed by atoms with Gasteiger partial charge in [-0.2, -0.15) is 0 Å². The average Bonchev–Trinajstić information content (AvgIpc) is 2.39. The first-order valence-electron chi connectivity index (χ1n) is 6.54. The Morgan fingerprint density at radius 3 is 2.60 bits per heavy atom. The summed E-state index contributed by atoms with van der Waals surface area (Å²) >= 11 is 12.0. The minimum atomic E-state index is -0.0388. The molecule has 1 heterocycles. The van der Waals surface area contributed by atoms with Crippen molar-refractivity contribution in [1.82, 2.24) is 4.90 Å². The summed E-state index contributed by atoms with van der Waals surface area (Å²) in [5, 5.41) is 0.941. The van der Waals surface area contributed by atoms with Crippen molar-refractivity contribution in [3.8, 4) is 0 Å². The van der Waals surface area contributed by atoms with Crippen molar-refractivity contribution in [1.29, 1.82) is 0 Å². The van der Waals surface area contributed by atoms with Crippen LogP contribution in [0, 0.1) is 0 Å². The van der Waals surface area contributed by atoms with Gasteiger partial charge in [0.25, 0.3) is 0 Å². The van der Waals surface area contributed by atoms with Gasteiger partial charge in [0, 0.05) is 19.2 Å². The van der Waals surface area contributed by atoms with Crippen molar-refractivity contribution < 1.29 is 9.53 Å². The molecule has 2 atom stereocenters. The Bertz CT molecular complexity index is 521. The van der Waals surface area contributed by atoms with Gasteiger partial charge in [-0.1, -0.05) is 35.3 Å². The standard InChI is InChI=1S/C15H17Cl2NO2/c1-10-8-18(9-11(2)20-10)14(19)7-6-12-4-3-5-13(16)15(12)17/h3-7,10-11H,8-9H2,1-2H3/b7-6+. The summed E-state index contributed by atoms with van der Waals surface area (Å²) in [7, 11) is 0. The van der Waals surface area contributed by atoms with E-state index in [-0.39, 0.29) is 18.1 Å². The molecule has 0 saturated carbocycles. The van der Waals surface area contributed by atoms with Crippen LogP contribution in [0.3, 0.4) is 0 Å². The van der Waals surface area contributed by atoms with Crippen LogP contribution >= 0.6 is 23.2 Å². The van der Waals surface area contributed by atoms with Crippen molar-refractivity contribution in [3.63, 3.8) is 0 Å². The number of carbonyl (C=O) groups excluding carboxylic acids is 1. The quantitative estimate of drug-likeness (QED) is 0.780. The van der Waals surface area contributed by atoms with Gasteiger partial charge in [0.2, 0.25) is 5.91 Å². The van der Waals surface area contributed by atoms with Crippen LogP contribution in [0.2, 0.25) is 10.0 Å². The second-order valence-electron chi connectivity index (χ2n) is 4.98. The van der Waals surface area contributed by atoms with Gasteiger partial charge in [-0.3, -0.25) is 4.79 Å². The molecule has 2 rings (SSSR count). The van der Waals surface area contributed by atoms with E-state index in [1.807, 2.05) is 19.9 Å². The Morgan fingerprint density at radius 1 is 1.30 bits per heavy atom. The van der Waals surface area contributed by atoms with Gasteiger partial charge < -0.3 is 9.64 Å². The number of hydrogen-bond donors (Lipinski definition) is 0. The van der Waals surface area contributed by atoms with Gasteiger partial charge in [-0.05, 0) is 31.6 Å². The Hall–Kier alpha value is -1.03. The highest BCUT2D eigenvalue weighted by atomic mass is 35.5. The third kappa shape index (κ3) is 3.75. The molecule has 1 aromatic rings. The zero-order valence-corrected chi connectivity index (χ0v) is 13.0. The molecule has 1 saturated heterocycles. The van der Waals surface area contributed by atoms with Crippen LogP contribution in [0.25, 0.3) is 6.08 Å². The van der Waals surface area contributed by atoms with E-state index in [9.17, 15) is 4.79 Å². The van der Waals surface area contributed by atoms with E-state index >= 15 is 0 Å². The largest absolute Gasteiger partial charge is 0.372 e. The number of hydrogen-bond acceptors (Lipinski definition) is 2. The van der Waals surface area contributed by atoms with E-state index in [2.05, 4.69) is 0 Å². The Labute approximate surface area is 129 Å². The number of rotatable bonds is 2. The van der Waals surface area contributed by atoms with Gasteiger partial charge in [0.15, 0.2) is 0 Å². The van der Waals surface area contributed by atoms with E-state index < -0.39 is 0 Å². The smallest absolute Gasteiger partial charge is 0.246 e. The third-order valence-corrected chi connectivity index (χ3v) is 3.95. The maximum atomic E-state index is 12.2. The molecule has 1 aliphatic rings. The van der Waals surface area contributed by atoms with E-state index in [0.29, 0.717) is 23.1 Å². The molecule has 1 aliphatic heterocycles. The third-order valence-electron chi connectivity index (χ3n) is 3.12. The van der Waals surface area contributed by atoms with E-state index in [1.54, 1.807) is 23.1 Å². The van der Waals surface area contributed by atoms with Gasteiger partial charge in [0.05, 0.1) is 22.3 Å². The molecule has 5 heteroatoms. The Kier molecular flexibility index (Phi) is 5.08. The normalized spacial score (nSPS) is 23.3. The molecule has 2 unspecified atom stereocenters. The van der Waals surface area contributed by atoms with Crippen molar-refractivity contribution >= 4 is 35.2 Å². The van der Waals surface area contributed by atoms with E-state index in [1.165, 1.54) is 6.08 Å². The zero-order chi connectivity index (χ0) is 14.7. The topological polar surface area (TPSA) is 29.5 Å². The predicted octanol–water partition coefficient (Wildman–Crippen LogP) is 3.64. The van der Waals surface area contributed by atoms with Crippen molar-refractivity contribution in [2.24, 2.45) is 0 Å². The van der Waals surface area contributed by atoms with Gasteiger partial charge in [-0.15, -0.1) is 0 Å². The van der Waals surface area contributed by atoms with Gasteiger partial charge in [-0.25, -0.2) is 0 Å². The van der Waals surface area contributed by atoms with Crippen molar-refractivity contribution in [3.05, 3.63) is 39.9 Å². The zero-order valence-electron chi connectivity index (χ0n) is 11.5. The predicted molar refractivity (Wildman–Crippen MR) is 82.1 cm³/mol. The lowest BCUT2D eigenvalue weighted by atomic mass is 10.2. The SMILES string of the molecule is CC1CN(C(=O)/C=C/c2cccc(Cl)c2Cl)CC(C)O1. The van der Waals surface area contributed by atoms with Gasteiger partial charge in [0.1, 0.15) is 0 Å². The minimum absolute atomic E-state index is 0.0388. The molecule has 108 valence electrons.